The summed E-state index contributed by atoms with van der Waals surface area (Å²) in [5.74, 6) is -0.570. The van der Waals surface area contributed by atoms with Crippen molar-refractivity contribution < 1.29 is 9.18 Å². The number of nitrogens with one attached hydrogen (secondary N) is 2. The van der Waals surface area contributed by atoms with E-state index in [1.807, 2.05) is 6.92 Å². The minimum absolute atomic E-state index is 0.196. The molecule has 18 heavy (non-hydrogen) atoms. The number of hydrogen-bond donors (Lipinski definition) is 2. The Morgan fingerprint density at radius 2 is 2.17 bits per heavy atom. The highest BCUT2D eigenvalue weighted by Crippen LogP contribution is 2.18. The van der Waals surface area contributed by atoms with Crippen LogP contribution in [0, 0.1) is 12.7 Å². The first-order chi connectivity index (χ1) is 8.66. The highest BCUT2D eigenvalue weighted by molar-refractivity contribution is 5.95. The molecule has 1 aliphatic carbocycles. The molecule has 1 aromatic rings. The van der Waals surface area contributed by atoms with Gasteiger partial charge in [-0.1, -0.05) is 6.07 Å². The highest BCUT2D eigenvalue weighted by atomic mass is 19.1. The van der Waals surface area contributed by atoms with E-state index in [2.05, 4.69) is 10.6 Å². The van der Waals surface area contributed by atoms with Crippen molar-refractivity contribution in [3.63, 3.8) is 0 Å². The van der Waals surface area contributed by atoms with Crippen molar-refractivity contribution in [3.05, 3.63) is 35.1 Å². The van der Waals surface area contributed by atoms with E-state index in [4.69, 9.17) is 0 Å². The third-order valence-electron chi connectivity index (χ3n) is 3.09. The van der Waals surface area contributed by atoms with E-state index in [-0.39, 0.29) is 11.7 Å². The summed E-state index contributed by atoms with van der Waals surface area (Å²) in [5.41, 5.74) is 1.22. The van der Waals surface area contributed by atoms with Gasteiger partial charge < -0.3 is 10.6 Å². The molecule has 4 heteroatoms. The van der Waals surface area contributed by atoms with E-state index < -0.39 is 0 Å². The topological polar surface area (TPSA) is 41.1 Å². The molecule has 0 atom stereocenters. The fourth-order valence-electron chi connectivity index (χ4n) is 1.82. The van der Waals surface area contributed by atoms with Crippen molar-refractivity contribution in [3.8, 4) is 0 Å². The molecule has 98 valence electrons. The molecule has 0 aliphatic heterocycles. The van der Waals surface area contributed by atoms with Gasteiger partial charge in [-0.15, -0.1) is 0 Å². The summed E-state index contributed by atoms with van der Waals surface area (Å²) in [4.78, 5) is 11.8. The normalized spacial score (nSPS) is 14.6. The fraction of sp³-hybridized carbons (Fsp3) is 0.500. The summed E-state index contributed by atoms with van der Waals surface area (Å²) >= 11 is 0. The number of benzene rings is 1. The van der Waals surface area contributed by atoms with Gasteiger partial charge in [0.1, 0.15) is 5.82 Å². The van der Waals surface area contributed by atoms with Crippen molar-refractivity contribution in [2.24, 2.45) is 0 Å². The van der Waals surface area contributed by atoms with Crippen LogP contribution in [0.2, 0.25) is 0 Å². The lowest BCUT2D eigenvalue weighted by Gasteiger charge is -2.08. The highest BCUT2D eigenvalue weighted by Gasteiger charge is 2.19. The van der Waals surface area contributed by atoms with E-state index in [1.165, 1.54) is 25.0 Å². The first-order valence-electron chi connectivity index (χ1n) is 6.44. The van der Waals surface area contributed by atoms with Gasteiger partial charge in [0.05, 0.1) is 0 Å². The number of rotatable bonds is 6. The van der Waals surface area contributed by atoms with Crippen LogP contribution >= 0.6 is 0 Å². The monoisotopic (exact) mass is 250 g/mol. The van der Waals surface area contributed by atoms with Gasteiger partial charge in [-0.2, -0.15) is 0 Å². The van der Waals surface area contributed by atoms with Crippen molar-refractivity contribution >= 4 is 5.91 Å². The molecule has 2 rings (SSSR count). The molecular weight excluding hydrogens is 231 g/mol. The Balaban J connectivity index is 1.74. The van der Waals surface area contributed by atoms with Crippen LogP contribution in [-0.2, 0) is 0 Å². The summed E-state index contributed by atoms with van der Waals surface area (Å²) in [6, 6.07) is 4.98. The number of hydrogen-bond acceptors (Lipinski definition) is 2. The number of halogens is 1. The Kier molecular flexibility index (Phi) is 4.31. The maximum atomic E-state index is 13.1. The molecule has 1 aliphatic rings. The Bertz CT molecular complexity index is 430. The molecule has 1 amide bonds. The van der Waals surface area contributed by atoms with Crippen molar-refractivity contribution in [2.75, 3.05) is 13.1 Å². The zero-order chi connectivity index (χ0) is 13.0. The second-order valence-corrected chi connectivity index (χ2v) is 4.80. The third kappa shape index (κ3) is 3.81. The summed E-state index contributed by atoms with van der Waals surface area (Å²) < 4.78 is 13.1. The SMILES string of the molecule is Cc1ccc(F)cc1C(=O)NCCCNC1CC1. The average Bonchev–Trinajstić information content (AvgIpc) is 3.15. The number of aryl methyl sites for hydroxylation is 1. The fourth-order valence-corrected chi connectivity index (χ4v) is 1.82. The Morgan fingerprint density at radius 3 is 2.89 bits per heavy atom. The zero-order valence-electron chi connectivity index (χ0n) is 10.6. The van der Waals surface area contributed by atoms with E-state index >= 15 is 0 Å². The lowest BCUT2D eigenvalue weighted by Crippen LogP contribution is -2.28. The van der Waals surface area contributed by atoms with Crippen LogP contribution in [0.25, 0.3) is 0 Å². The second-order valence-electron chi connectivity index (χ2n) is 4.80. The van der Waals surface area contributed by atoms with Gasteiger partial charge >= 0.3 is 0 Å². The largest absolute Gasteiger partial charge is 0.352 e. The van der Waals surface area contributed by atoms with Crippen LogP contribution in [0.1, 0.15) is 35.2 Å². The van der Waals surface area contributed by atoms with E-state index in [9.17, 15) is 9.18 Å². The van der Waals surface area contributed by atoms with Crippen LogP contribution in [-0.4, -0.2) is 25.0 Å². The number of carbonyl (C=O) groups excluding carboxylic acids is 1. The Morgan fingerprint density at radius 1 is 1.39 bits per heavy atom. The van der Waals surface area contributed by atoms with Gasteiger partial charge in [-0.25, -0.2) is 4.39 Å². The molecule has 0 saturated heterocycles. The second kappa shape index (κ2) is 5.96. The van der Waals surface area contributed by atoms with Gasteiger partial charge in [-0.3, -0.25) is 4.79 Å². The number of carbonyl (C=O) groups is 1. The molecule has 1 saturated carbocycles. The minimum Gasteiger partial charge on any atom is -0.352 e. The maximum absolute atomic E-state index is 13.1. The quantitative estimate of drug-likeness (QED) is 0.758. The Hall–Kier alpha value is -1.42. The van der Waals surface area contributed by atoms with Gasteiger partial charge in [0.15, 0.2) is 0 Å². The molecule has 2 N–H and O–H groups in total. The van der Waals surface area contributed by atoms with Crippen molar-refractivity contribution in [2.45, 2.75) is 32.2 Å². The summed E-state index contributed by atoms with van der Waals surface area (Å²) in [6.45, 7) is 3.35. The minimum atomic E-state index is -0.374. The van der Waals surface area contributed by atoms with Crippen LogP contribution in [0.3, 0.4) is 0 Å². The average molecular weight is 250 g/mol. The zero-order valence-corrected chi connectivity index (χ0v) is 10.6. The van der Waals surface area contributed by atoms with E-state index in [1.54, 1.807) is 6.07 Å². The molecule has 0 bridgehead atoms. The first-order valence-corrected chi connectivity index (χ1v) is 6.44. The summed E-state index contributed by atoms with van der Waals surface area (Å²) in [7, 11) is 0. The smallest absolute Gasteiger partial charge is 0.251 e. The molecule has 0 unspecified atom stereocenters. The van der Waals surface area contributed by atoms with Gasteiger partial charge in [0, 0.05) is 18.2 Å². The third-order valence-corrected chi connectivity index (χ3v) is 3.09. The maximum Gasteiger partial charge on any atom is 0.251 e. The predicted molar refractivity (Wildman–Crippen MR) is 69.1 cm³/mol. The number of amides is 1. The first kappa shape index (κ1) is 13.0. The van der Waals surface area contributed by atoms with Crippen LogP contribution in [0.4, 0.5) is 4.39 Å². The Labute approximate surface area is 107 Å². The molecular formula is C14H19FN2O. The van der Waals surface area contributed by atoms with Crippen molar-refractivity contribution in [1.29, 1.82) is 0 Å². The van der Waals surface area contributed by atoms with Crippen molar-refractivity contribution in [1.82, 2.24) is 10.6 Å². The molecule has 0 aromatic heterocycles. The molecule has 0 spiro atoms. The molecule has 0 heterocycles. The molecule has 1 aromatic carbocycles. The van der Waals surface area contributed by atoms with Crippen LogP contribution in [0.5, 0.6) is 0 Å². The van der Waals surface area contributed by atoms with Crippen LogP contribution < -0.4 is 10.6 Å². The lowest BCUT2D eigenvalue weighted by atomic mass is 10.1. The van der Waals surface area contributed by atoms with E-state index in [0.717, 1.165) is 18.5 Å². The molecule has 3 nitrogen and oxygen atoms in total. The molecule has 0 radical (unpaired) electrons. The standard InChI is InChI=1S/C14H19FN2O/c1-10-3-4-11(15)9-13(10)14(18)17-8-2-7-16-12-5-6-12/h3-4,9,12,16H,2,5-8H2,1H3,(H,17,18). The molecule has 1 fully saturated rings. The van der Waals surface area contributed by atoms with E-state index in [0.29, 0.717) is 18.2 Å². The summed E-state index contributed by atoms with van der Waals surface area (Å²) in [6.07, 6.45) is 3.44. The van der Waals surface area contributed by atoms with Crippen LogP contribution in [0.15, 0.2) is 18.2 Å². The van der Waals surface area contributed by atoms with Gasteiger partial charge in [0.25, 0.3) is 5.91 Å². The lowest BCUT2D eigenvalue weighted by molar-refractivity contribution is 0.0952. The van der Waals surface area contributed by atoms with Gasteiger partial charge in [0.2, 0.25) is 0 Å². The summed E-state index contributed by atoms with van der Waals surface area (Å²) in [5, 5.41) is 6.19. The van der Waals surface area contributed by atoms with Gasteiger partial charge in [-0.05, 0) is 50.4 Å². The predicted octanol–water partition coefficient (Wildman–Crippen LogP) is 2.01.